The highest BCUT2D eigenvalue weighted by Crippen LogP contribution is 2.28. The van der Waals surface area contributed by atoms with Crippen molar-refractivity contribution < 1.29 is 0 Å². The Balaban J connectivity index is 1.68. The predicted molar refractivity (Wildman–Crippen MR) is 80.8 cm³/mol. The second kappa shape index (κ2) is 5.70. The van der Waals surface area contributed by atoms with E-state index in [9.17, 15) is 0 Å². The lowest BCUT2D eigenvalue weighted by molar-refractivity contribution is 0.260. The van der Waals surface area contributed by atoms with Crippen LogP contribution in [-0.4, -0.2) is 37.1 Å². The Kier molecular flexibility index (Phi) is 3.96. The summed E-state index contributed by atoms with van der Waals surface area (Å²) in [7, 11) is 0. The molecule has 2 aliphatic rings. The van der Waals surface area contributed by atoms with Gasteiger partial charge in [-0.2, -0.15) is 0 Å². The lowest BCUT2D eigenvalue weighted by Gasteiger charge is -2.24. The van der Waals surface area contributed by atoms with Crippen LogP contribution in [0.1, 0.15) is 24.8 Å². The van der Waals surface area contributed by atoms with Crippen LogP contribution in [0.2, 0.25) is 5.02 Å². The molecule has 0 radical (unpaired) electrons. The summed E-state index contributed by atoms with van der Waals surface area (Å²) in [5.74, 6) is 0. The molecule has 2 saturated heterocycles. The van der Waals surface area contributed by atoms with Gasteiger partial charge in [0, 0.05) is 36.4 Å². The van der Waals surface area contributed by atoms with Gasteiger partial charge in [-0.05, 0) is 50.0 Å². The van der Waals surface area contributed by atoms with Gasteiger partial charge in [-0.3, -0.25) is 4.90 Å². The molecule has 2 aliphatic heterocycles. The molecule has 2 fully saturated rings. The van der Waals surface area contributed by atoms with Gasteiger partial charge < -0.3 is 10.6 Å². The molecule has 0 bridgehead atoms. The first kappa shape index (κ1) is 13.2. The summed E-state index contributed by atoms with van der Waals surface area (Å²) < 4.78 is 0. The summed E-state index contributed by atoms with van der Waals surface area (Å²) in [6.45, 7) is 5.35. The van der Waals surface area contributed by atoms with Gasteiger partial charge in [-0.25, -0.2) is 0 Å². The van der Waals surface area contributed by atoms with Gasteiger partial charge in [0.2, 0.25) is 0 Å². The Hall–Kier alpha value is -0.770. The number of anilines is 1. The first-order valence-electron chi connectivity index (χ1n) is 7.25. The van der Waals surface area contributed by atoms with Crippen molar-refractivity contribution in [3.63, 3.8) is 0 Å². The van der Waals surface area contributed by atoms with Crippen molar-refractivity contribution in [1.29, 1.82) is 0 Å². The number of nitrogens with two attached hydrogens (primary N) is 1. The zero-order chi connectivity index (χ0) is 13.2. The van der Waals surface area contributed by atoms with Gasteiger partial charge in [0.1, 0.15) is 0 Å². The van der Waals surface area contributed by atoms with Crippen LogP contribution in [0.4, 0.5) is 5.69 Å². The van der Waals surface area contributed by atoms with Gasteiger partial charge in [0.05, 0.1) is 0 Å². The second-order valence-electron chi connectivity index (χ2n) is 5.61. The van der Waals surface area contributed by atoms with Gasteiger partial charge in [0.25, 0.3) is 0 Å². The SMILES string of the molecule is NCc1ccc(N2CCC(N3CCCC3)C2)cc1Cl. The zero-order valence-electron chi connectivity index (χ0n) is 11.3. The third-order valence-corrected chi connectivity index (χ3v) is 4.79. The molecule has 0 aromatic heterocycles. The third kappa shape index (κ3) is 2.73. The quantitative estimate of drug-likeness (QED) is 0.923. The maximum absolute atomic E-state index is 6.25. The lowest BCUT2D eigenvalue weighted by atomic mass is 10.2. The van der Waals surface area contributed by atoms with E-state index in [0.717, 1.165) is 29.7 Å². The van der Waals surface area contributed by atoms with Gasteiger partial charge in [-0.15, -0.1) is 0 Å². The highest BCUT2D eigenvalue weighted by Gasteiger charge is 2.29. The predicted octanol–water partition coefficient (Wildman–Crippen LogP) is 2.47. The molecule has 19 heavy (non-hydrogen) atoms. The molecule has 0 spiro atoms. The Morgan fingerprint density at radius 3 is 2.68 bits per heavy atom. The maximum Gasteiger partial charge on any atom is 0.0471 e. The molecule has 0 amide bonds. The number of nitrogens with zero attached hydrogens (tertiary/aromatic N) is 2. The normalized spacial score (nSPS) is 24.3. The first-order chi connectivity index (χ1) is 9.28. The summed E-state index contributed by atoms with van der Waals surface area (Å²) in [6.07, 6.45) is 4.01. The standard InChI is InChI=1S/C15H22ClN3/c16-15-9-13(4-3-12(15)10-17)19-8-5-14(11-19)18-6-1-2-7-18/h3-4,9,14H,1-2,5-8,10-11,17H2. The van der Waals surface area contributed by atoms with Crippen LogP contribution in [-0.2, 0) is 6.54 Å². The van der Waals surface area contributed by atoms with Gasteiger partial charge >= 0.3 is 0 Å². The Bertz CT molecular complexity index is 443. The van der Waals surface area contributed by atoms with E-state index in [2.05, 4.69) is 28.0 Å². The lowest BCUT2D eigenvalue weighted by Crippen LogP contribution is -2.35. The number of benzene rings is 1. The van der Waals surface area contributed by atoms with Crippen molar-refractivity contribution in [1.82, 2.24) is 4.90 Å². The van der Waals surface area contributed by atoms with E-state index in [-0.39, 0.29) is 0 Å². The van der Waals surface area contributed by atoms with E-state index >= 15 is 0 Å². The summed E-state index contributed by atoms with van der Waals surface area (Å²) in [5.41, 5.74) is 7.92. The highest BCUT2D eigenvalue weighted by molar-refractivity contribution is 6.31. The van der Waals surface area contributed by atoms with Crippen LogP contribution in [0.25, 0.3) is 0 Å². The van der Waals surface area contributed by atoms with E-state index in [1.807, 2.05) is 0 Å². The van der Waals surface area contributed by atoms with E-state index in [1.165, 1.54) is 38.0 Å². The van der Waals surface area contributed by atoms with Crippen LogP contribution >= 0.6 is 11.6 Å². The Morgan fingerprint density at radius 1 is 1.21 bits per heavy atom. The Labute approximate surface area is 120 Å². The molecular formula is C15H22ClN3. The van der Waals surface area contributed by atoms with Crippen molar-refractivity contribution in [3.05, 3.63) is 28.8 Å². The highest BCUT2D eigenvalue weighted by atomic mass is 35.5. The van der Waals surface area contributed by atoms with Crippen LogP contribution < -0.4 is 10.6 Å². The fourth-order valence-electron chi connectivity index (χ4n) is 3.28. The number of halogens is 1. The van der Waals surface area contributed by atoms with E-state index in [4.69, 9.17) is 17.3 Å². The van der Waals surface area contributed by atoms with E-state index in [1.54, 1.807) is 0 Å². The molecular weight excluding hydrogens is 258 g/mol. The second-order valence-corrected chi connectivity index (χ2v) is 6.02. The minimum Gasteiger partial charge on any atom is -0.370 e. The number of hydrogen-bond acceptors (Lipinski definition) is 3. The summed E-state index contributed by atoms with van der Waals surface area (Å²) in [4.78, 5) is 5.10. The zero-order valence-corrected chi connectivity index (χ0v) is 12.1. The number of hydrogen-bond donors (Lipinski definition) is 1. The smallest absolute Gasteiger partial charge is 0.0471 e. The minimum atomic E-state index is 0.509. The molecule has 1 atom stereocenters. The van der Waals surface area contributed by atoms with Crippen molar-refractivity contribution in [2.75, 3.05) is 31.1 Å². The van der Waals surface area contributed by atoms with Crippen molar-refractivity contribution in [2.24, 2.45) is 5.73 Å². The molecule has 0 aliphatic carbocycles. The summed E-state index contributed by atoms with van der Waals surface area (Å²) >= 11 is 6.25. The molecule has 2 N–H and O–H groups in total. The molecule has 104 valence electrons. The number of rotatable bonds is 3. The average Bonchev–Trinajstić information content (AvgIpc) is 3.09. The molecule has 3 nitrogen and oxygen atoms in total. The molecule has 4 heteroatoms. The van der Waals surface area contributed by atoms with Crippen LogP contribution in [0.5, 0.6) is 0 Å². The largest absolute Gasteiger partial charge is 0.370 e. The fraction of sp³-hybridized carbons (Fsp3) is 0.600. The molecule has 0 saturated carbocycles. The first-order valence-corrected chi connectivity index (χ1v) is 7.63. The summed E-state index contributed by atoms with van der Waals surface area (Å²) in [5, 5.41) is 0.796. The molecule has 1 unspecified atom stereocenters. The fourth-order valence-corrected chi connectivity index (χ4v) is 3.53. The minimum absolute atomic E-state index is 0.509. The molecule has 3 rings (SSSR count). The Morgan fingerprint density at radius 2 is 2.00 bits per heavy atom. The molecule has 1 aromatic rings. The maximum atomic E-state index is 6.25. The van der Waals surface area contributed by atoms with Gasteiger partial charge in [-0.1, -0.05) is 17.7 Å². The van der Waals surface area contributed by atoms with E-state index in [0.29, 0.717) is 6.54 Å². The molecule has 1 aromatic carbocycles. The topological polar surface area (TPSA) is 32.5 Å². The van der Waals surface area contributed by atoms with Crippen molar-refractivity contribution in [3.8, 4) is 0 Å². The van der Waals surface area contributed by atoms with Crippen molar-refractivity contribution in [2.45, 2.75) is 31.8 Å². The van der Waals surface area contributed by atoms with Crippen molar-refractivity contribution >= 4 is 17.3 Å². The molecule has 2 heterocycles. The van der Waals surface area contributed by atoms with Gasteiger partial charge in [0.15, 0.2) is 0 Å². The van der Waals surface area contributed by atoms with Crippen LogP contribution in [0, 0.1) is 0 Å². The summed E-state index contributed by atoms with van der Waals surface area (Å²) in [6, 6.07) is 7.01. The van der Waals surface area contributed by atoms with Crippen LogP contribution in [0.15, 0.2) is 18.2 Å². The van der Waals surface area contributed by atoms with E-state index < -0.39 is 0 Å². The van der Waals surface area contributed by atoms with Crippen LogP contribution in [0.3, 0.4) is 0 Å². The monoisotopic (exact) mass is 279 g/mol. The number of likely N-dealkylation sites (tertiary alicyclic amines) is 1. The average molecular weight is 280 g/mol. The third-order valence-electron chi connectivity index (χ3n) is 4.44.